The molecular formula is C17H22N4O3. The number of hydrogen-bond donors (Lipinski definition) is 2. The van der Waals surface area contributed by atoms with Crippen molar-refractivity contribution in [1.82, 2.24) is 15.1 Å². The molecule has 7 heteroatoms. The van der Waals surface area contributed by atoms with Crippen molar-refractivity contribution < 1.29 is 14.4 Å². The summed E-state index contributed by atoms with van der Waals surface area (Å²) < 4.78 is 0. The zero-order valence-electron chi connectivity index (χ0n) is 13.9. The normalized spacial score (nSPS) is 24.2. The van der Waals surface area contributed by atoms with Crippen LogP contribution in [0.2, 0.25) is 0 Å². The van der Waals surface area contributed by atoms with Crippen molar-refractivity contribution in [2.24, 2.45) is 5.73 Å². The number of nitrogens with one attached hydrogen (secondary N) is 1. The highest BCUT2D eigenvalue weighted by atomic mass is 16.2. The van der Waals surface area contributed by atoms with Crippen LogP contribution in [0.4, 0.5) is 4.79 Å². The van der Waals surface area contributed by atoms with Crippen LogP contribution in [0.25, 0.3) is 0 Å². The fourth-order valence-electron chi connectivity index (χ4n) is 3.44. The summed E-state index contributed by atoms with van der Waals surface area (Å²) in [7, 11) is 0. The summed E-state index contributed by atoms with van der Waals surface area (Å²) in [6.07, 6.45) is 0.611. The first-order chi connectivity index (χ1) is 11.3. The average Bonchev–Trinajstić information content (AvgIpc) is 3.01. The summed E-state index contributed by atoms with van der Waals surface area (Å²) in [6, 6.07) is 6.68. The standard InChI is InChI=1S/C17H22N4O3/c1-11(2)21-15(23)17(19-16(21)24)7-8-20(10-17)9-12-3-5-13(6-4-12)14(18)22/h3-6,11H,7-10H2,1-2H3,(H2,18,22)(H,19,24)/t17-/m1/s1. The summed E-state index contributed by atoms with van der Waals surface area (Å²) in [5, 5.41) is 2.88. The highest BCUT2D eigenvalue weighted by Crippen LogP contribution is 2.30. The van der Waals surface area contributed by atoms with Gasteiger partial charge in [-0.2, -0.15) is 0 Å². The Morgan fingerprint density at radius 3 is 2.50 bits per heavy atom. The summed E-state index contributed by atoms with van der Waals surface area (Å²) in [6.45, 7) is 5.56. The summed E-state index contributed by atoms with van der Waals surface area (Å²) in [5.41, 5.74) is 5.95. The highest BCUT2D eigenvalue weighted by molar-refractivity contribution is 6.07. The lowest BCUT2D eigenvalue weighted by Gasteiger charge is -2.23. The van der Waals surface area contributed by atoms with Gasteiger partial charge in [-0.25, -0.2) is 4.79 Å². The van der Waals surface area contributed by atoms with Gasteiger partial charge in [-0.05, 0) is 38.0 Å². The maximum Gasteiger partial charge on any atom is 0.325 e. The number of primary amides is 1. The lowest BCUT2D eigenvalue weighted by Crippen LogP contribution is -2.49. The van der Waals surface area contributed by atoms with E-state index in [1.807, 2.05) is 26.0 Å². The number of benzene rings is 1. The maximum absolute atomic E-state index is 12.7. The van der Waals surface area contributed by atoms with Crippen LogP contribution in [-0.4, -0.2) is 52.3 Å². The van der Waals surface area contributed by atoms with Crippen LogP contribution in [0.15, 0.2) is 24.3 Å². The molecule has 0 aromatic heterocycles. The van der Waals surface area contributed by atoms with Crippen molar-refractivity contribution in [2.45, 2.75) is 38.4 Å². The molecule has 1 aromatic carbocycles. The molecule has 7 nitrogen and oxygen atoms in total. The van der Waals surface area contributed by atoms with Crippen LogP contribution in [0, 0.1) is 0 Å². The van der Waals surface area contributed by atoms with E-state index in [-0.39, 0.29) is 18.0 Å². The molecule has 1 atom stereocenters. The quantitative estimate of drug-likeness (QED) is 0.794. The minimum Gasteiger partial charge on any atom is -0.366 e. The number of rotatable bonds is 4. The third-order valence-corrected chi connectivity index (χ3v) is 4.70. The lowest BCUT2D eigenvalue weighted by atomic mass is 9.98. The van der Waals surface area contributed by atoms with Crippen molar-refractivity contribution in [1.29, 1.82) is 0 Å². The molecule has 0 aliphatic carbocycles. The zero-order chi connectivity index (χ0) is 17.5. The molecule has 2 heterocycles. The van der Waals surface area contributed by atoms with Gasteiger partial charge in [0.1, 0.15) is 5.54 Å². The van der Waals surface area contributed by atoms with Gasteiger partial charge < -0.3 is 11.1 Å². The number of carbonyl (C=O) groups is 3. The van der Waals surface area contributed by atoms with Gasteiger partial charge in [-0.3, -0.25) is 19.4 Å². The second-order valence-corrected chi connectivity index (χ2v) is 6.80. The highest BCUT2D eigenvalue weighted by Gasteiger charge is 2.55. The van der Waals surface area contributed by atoms with Crippen LogP contribution in [0.3, 0.4) is 0 Å². The van der Waals surface area contributed by atoms with E-state index in [4.69, 9.17) is 5.73 Å². The van der Waals surface area contributed by atoms with E-state index in [1.165, 1.54) is 4.90 Å². The number of carbonyl (C=O) groups excluding carboxylic acids is 3. The van der Waals surface area contributed by atoms with E-state index in [0.29, 0.717) is 25.1 Å². The van der Waals surface area contributed by atoms with Crippen molar-refractivity contribution >= 4 is 17.8 Å². The molecule has 2 aliphatic rings. The van der Waals surface area contributed by atoms with E-state index < -0.39 is 11.4 Å². The summed E-state index contributed by atoms with van der Waals surface area (Å²) in [5.74, 6) is -0.580. The number of nitrogens with two attached hydrogens (primary N) is 1. The predicted molar refractivity (Wildman–Crippen MR) is 88.1 cm³/mol. The number of nitrogens with zero attached hydrogens (tertiary/aromatic N) is 2. The smallest absolute Gasteiger partial charge is 0.325 e. The Bertz CT molecular complexity index is 686. The Hall–Kier alpha value is -2.41. The Kier molecular flexibility index (Phi) is 4.04. The van der Waals surface area contributed by atoms with Gasteiger partial charge in [0, 0.05) is 31.2 Å². The van der Waals surface area contributed by atoms with Gasteiger partial charge in [0.25, 0.3) is 5.91 Å². The molecule has 1 spiro atoms. The minimum atomic E-state index is -0.797. The Labute approximate surface area is 140 Å². The molecular weight excluding hydrogens is 308 g/mol. The van der Waals surface area contributed by atoms with Gasteiger partial charge in [0.05, 0.1) is 0 Å². The monoisotopic (exact) mass is 330 g/mol. The largest absolute Gasteiger partial charge is 0.366 e. The molecule has 3 rings (SSSR count). The van der Waals surface area contributed by atoms with Gasteiger partial charge >= 0.3 is 6.03 Å². The van der Waals surface area contributed by atoms with Crippen molar-refractivity contribution in [2.75, 3.05) is 13.1 Å². The molecule has 128 valence electrons. The number of urea groups is 1. The summed E-state index contributed by atoms with van der Waals surface area (Å²) >= 11 is 0. The van der Waals surface area contributed by atoms with Crippen LogP contribution < -0.4 is 11.1 Å². The Morgan fingerprint density at radius 2 is 1.96 bits per heavy atom. The van der Waals surface area contributed by atoms with E-state index >= 15 is 0 Å². The van der Waals surface area contributed by atoms with Crippen molar-refractivity contribution in [3.05, 3.63) is 35.4 Å². The van der Waals surface area contributed by atoms with Crippen molar-refractivity contribution in [3.8, 4) is 0 Å². The van der Waals surface area contributed by atoms with Crippen LogP contribution in [0.1, 0.15) is 36.2 Å². The van der Waals surface area contributed by atoms with Crippen LogP contribution >= 0.6 is 0 Å². The van der Waals surface area contributed by atoms with E-state index in [0.717, 1.165) is 12.1 Å². The third-order valence-electron chi connectivity index (χ3n) is 4.70. The van der Waals surface area contributed by atoms with Gasteiger partial charge in [0.2, 0.25) is 5.91 Å². The molecule has 2 fully saturated rings. The molecule has 0 radical (unpaired) electrons. The minimum absolute atomic E-state index is 0.130. The lowest BCUT2D eigenvalue weighted by molar-refractivity contribution is -0.132. The first-order valence-corrected chi connectivity index (χ1v) is 8.09. The topological polar surface area (TPSA) is 95.7 Å². The molecule has 1 aromatic rings. The number of hydrogen-bond acceptors (Lipinski definition) is 4. The molecule has 3 N–H and O–H groups in total. The summed E-state index contributed by atoms with van der Waals surface area (Å²) in [4.78, 5) is 39.3. The van der Waals surface area contributed by atoms with Crippen LogP contribution in [0.5, 0.6) is 0 Å². The number of likely N-dealkylation sites (tertiary alicyclic amines) is 1. The van der Waals surface area contributed by atoms with Gasteiger partial charge in [-0.1, -0.05) is 12.1 Å². The first kappa shape index (κ1) is 16.4. The molecule has 0 unspecified atom stereocenters. The SMILES string of the molecule is CC(C)N1C(=O)N[C@@]2(CCN(Cc3ccc(C(N)=O)cc3)C2)C1=O. The fraction of sp³-hybridized carbons (Fsp3) is 0.471. The second-order valence-electron chi connectivity index (χ2n) is 6.80. The molecule has 24 heavy (non-hydrogen) atoms. The first-order valence-electron chi connectivity index (χ1n) is 8.09. The Morgan fingerprint density at radius 1 is 1.29 bits per heavy atom. The van der Waals surface area contributed by atoms with E-state index in [2.05, 4.69) is 10.2 Å². The number of amides is 4. The van der Waals surface area contributed by atoms with Crippen LogP contribution in [-0.2, 0) is 11.3 Å². The van der Waals surface area contributed by atoms with Gasteiger partial charge in [-0.15, -0.1) is 0 Å². The average molecular weight is 330 g/mol. The van der Waals surface area contributed by atoms with Gasteiger partial charge in [0.15, 0.2) is 0 Å². The molecule has 4 amide bonds. The maximum atomic E-state index is 12.7. The fourth-order valence-corrected chi connectivity index (χ4v) is 3.44. The van der Waals surface area contributed by atoms with E-state index in [9.17, 15) is 14.4 Å². The molecule has 0 bridgehead atoms. The molecule has 2 saturated heterocycles. The third kappa shape index (κ3) is 2.75. The number of imide groups is 1. The zero-order valence-corrected chi connectivity index (χ0v) is 13.9. The van der Waals surface area contributed by atoms with Crippen molar-refractivity contribution in [3.63, 3.8) is 0 Å². The molecule has 0 saturated carbocycles. The predicted octanol–water partition coefficient (Wildman–Crippen LogP) is 0.690. The molecule has 2 aliphatic heterocycles. The van der Waals surface area contributed by atoms with E-state index in [1.54, 1.807) is 12.1 Å². The second kappa shape index (κ2) is 5.90. The Balaban J connectivity index is 1.68.